The number of nitro groups is 1. The Bertz CT molecular complexity index is 978. The lowest BCUT2D eigenvalue weighted by atomic mass is 10.0. The van der Waals surface area contributed by atoms with Crippen LogP contribution in [0.25, 0.3) is 0 Å². The quantitative estimate of drug-likeness (QED) is 0.172. The van der Waals surface area contributed by atoms with Crippen LogP contribution in [0.3, 0.4) is 0 Å². The minimum atomic E-state index is -5.43. The number of aromatic nitrogens is 1. The van der Waals surface area contributed by atoms with Gasteiger partial charge in [0.25, 0.3) is 10.6 Å². The van der Waals surface area contributed by atoms with E-state index in [0.717, 1.165) is 27.8 Å². The molecule has 2 heterocycles. The van der Waals surface area contributed by atoms with Gasteiger partial charge in [0.05, 0.1) is 4.92 Å². The molecule has 1 aromatic heterocycles. The summed E-state index contributed by atoms with van der Waals surface area (Å²) in [6.07, 6.45) is -0.510. The summed E-state index contributed by atoms with van der Waals surface area (Å²) in [7, 11) is -3.49. The first-order valence-electron chi connectivity index (χ1n) is 8.24. The van der Waals surface area contributed by atoms with Gasteiger partial charge in [0.15, 0.2) is 0 Å². The Labute approximate surface area is 178 Å². The topological polar surface area (TPSA) is 185 Å². The van der Waals surface area contributed by atoms with Gasteiger partial charge in [-0.15, -0.1) is 0 Å². The largest absolute Gasteiger partial charge is 0.479 e. The normalized spacial score (nSPS) is 17.1. The molecule has 1 saturated heterocycles. The summed E-state index contributed by atoms with van der Waals surface area (Å²) >= 11 is 0. The number of aliphatic carboxylic acids is 1. The van der Waals surface area contributed by atoms with Crippen LogP contribution in [0.1, 0.15) is 33.1 Å². The average Bonchev–Trinajstić information content (AvgIpc) is 2.96. The fraction of sp³-hybridized carbons (Fsp3) is 0.467. The molecule has 1 aromatic rings. The third kappa shape index (κ3) is 4.74. The van der Waals surface area contributed by atoms with Crippen LogP contribution in [-0.4, -0.2) is 60.3 Å². The number of nitrogens with zero attached hydrogens (tertiary/aromatic N) is 3. The van der Waals surface area contributed by atoms with Crippen LogP contribution >= 0.6 is 21.6 Å². The number of amides is 2. The Morgan fingerprint density at radius 1 is 1.30 bits per heavy atom. The Morgan fingerprint density at radius 3 is 2.27 bits per heavy atom. The number of hydrogen-bond donors (Lipinski definition) is 2. The van der Waals surface area contributed by atoms with Crippen LogP contribution in [0.4, 0.5) is 5.69 Å². The molecule has 0 radical (unpaired) electrons. The van der Waals surface area contributed by atoms with Crippen molar-refractivity contribution >= 4 is 55.2 Å². The van der Waals surface area contributed by atoms with Gasteiger partial charge in [-0.1, -0.05) is 10.8 Å². The maximum atomic E-state index is 12.2. The number of pyridine rings is 1. The molecule has 12 nitrogen and oxygen atoms in total. The molecule has 1 unspecified atom stereocenters. The van der Waals surface area contributed by atoms with Crippen molar-refractivity contribution < 1.29 is 37.4 Å². The number of carboxylic acids is 1. The minimum absolute atomic E-state index is 0.113. The zero-order valence-electron chi connectivity index (χ0n) is 15.7. The number of likely N-dealkylation sites (tertiary alicyclic amines) is 1. The molecule has 0 aromatic carbocycles. The van der Waals surface area contributed by atoms with Crippen molar-refractivity contribution in [1.29, 1.82) is 0 Å². The van der Waals surface area contributed by atoms with Crippen LogP contribution in [0.15, 0.2) is 23.4 Å². The third-order valence-electron chi connectivity index (χ3n) is 4.12. The predicted octanol–water partition coefficient (Wildman–Crippen LogP) is 1.72. The van der Waals surface area contributed by atoms with E-state index in [4.69, 9.17) is 0 Å². The van der Waals surface area contributed by atoms with Gasteiger partial charge in [-0.3, -0.25) is 24.3 Å². The zero-order valence-corrected chi connectivity index (χ0v) is 18.1. The predicted molar refractivity (Wildman–Crippen MR) is 106 cm³/mol. The van der Waals surface area contributed by atoms with Crippen molar-refractivity contribution in [3.05, 3.63) is 28.4 Å². The van der Waals surface area contributed by atoms with Crippen molar-refractivity contribution in [3.8, 4) is 0 Å². The number of hydrogen-bond acceptors (Lipinski definition) is 10. The van der Waals surface area contributed by atoms with Crippen LogP contribution in [-0.2, 0) is 24.5 Å². The van der Waals surface area contributed by atoms with Gasteiger partial charge in [-0.25, -0.2) is 14.7 Å². The fourth-order valence-electron chi connectivity index (χ4n) is 2.84. The maximum Gasteiger partial charge on any atom is 0.348 e. The molecule has 164 valence electrons. The van der Waals surface area contributed by atoms with Crippen molar-refractivity contribution in [2.24, 2.45) is 0 Å². The number of carbonyl (C=O) groups excluding carboxylic acids is 2. The first-order valence-corrected chi connectivity index (χ1v) is 11.8. The summed E-state index contributed by atoms with van der Waals surface area (Å²) in [5.41, 5.74) is -0.231. The minimum Gasteiger partial charge on any atom is -0.479 e. The van der Waals surface area contributed by atoms with E-state index in [1.54, 1.807) is 0 Å². The Morgan fingerprint density at radius 2 is 1.87 bits per heavy atom. The molecule has 0 bridgehead atoms. The molecule has 2 rings (SSSR count). The Balaban J connectivity index is 2.34. The monoisotopic (exact) mass is 479 g/mol. The fourth-order valence-corrected chi connectivity index (χ4v) is 6.33. The first kappa shape index (κ1) is 24.0. The number of carbonyl (C=O) groups is 3. The summed E-state index contributed by atoms with van der Waals surface area (Å²) in [6.45, 7) is 2.92. The number of rotatable bonds is 9. The highest BCUT2D eigenvalue weighted by Gasteiger charge is 2.63. The molecule has 1 aliphatic rings. The summed E-state index contributed by atoms with van der Waals surface area (Å²) in [4.78, 5) is 47.1. The van der Waals surface area contributed by atoms with Gasteiger partial charge in [0.1, 0.15) is 11.2 Å². The second-order valence-corrected chi connectivity index (χ2v) is 11.4. The van der Waals surface area contributed by atoms with Gasteiger partial charge >= 0.3 is 16.1 Å². The van der Waals surface area contributed by atoms with Crippen LogP contribution in [0.2, 0.25) is 0 Å². The molecule has 15 heteroatoms. The standard InChI is InChI=1S/C15H17N3O9S3/c1-14(2,29-28-10-4-3-9(7-16-10)18(23)24)8-15(13(21)22,30(25,26)27)17-11(19)5-6-12(17)20/h3-4,7H,5-6,8H2,1-2H3,(H,21,22)(H,25,26,27). The maximum absolute atomic E-state index is 12.2. The molecule has 0 spiro atoms. The molecular formula is C15H17N3O9S3. The van der Waals surface area contributed by atoms with Crippen molar-refractivity contribution in [2.45, 2.75) is 47.8 Å². The summed E-state index contributed by atoms with van der Waals surface area (Å²) in [6, 6.07) is 2.57. The second kappa shape index (κ2) is 8.49. The van der Waals surface area contributed by atoms with E-state index < -0.39 is 48.9 Å². The van der Waals surface area contributed by atoms with Crippen LogP contribution < -0.4 is 0 Å². The van der Waals surface area contributed by atoms with Crippen molar-refractivity contribution in [3.63, 3.8) is 0 Å². The highest BCUT2D eigenvalue weighted by Crippen LogP contribution is 2.47. The summed E-state index contributed by atoms with van der Waals surface area (Å²) in [5, 5.41) is 20.7. The molecule has 30 heavy (non-hydrogen) atoms. The smallest absolute Gasteiger partial charge is 0.348 e. The molecule has 2 N–H and O–H groups in total. The van der Waals surface area contributed by atoms with E-state index in [1.807, 2.05) is 0 Å². The average molecular weight is 480 g/mol. The van der Waals surface area contributed by atoms with E-state index in [2.05, 4.69) is 4.98 Å². The van der Waals surface area contributed by atoms with Crippen LogP contribution in [0, 0.1) is 10.1 Å². The highest BCUT2D eigenvalue weighted by molar-refractivity contribution is 8.77. The lowest BCUT2D eigenvalue weighted by molar-refractivity contribution is -0.385. The SMILES string of the molecule is CC(C)(CC(C(=O)O)(N1C(=O)CCC1=O)S(=O)(=O)O)SSc1ccc([N+](=O)[O-])cn1. The van der Waals surface area contributed by atoms with E-state index >= 15 is 0 Å². The van der Waals surface area contributed by atoms with Gasteiger partial charge in [0.2, 0.25) is 11.8 Å². The third-order valence-corrected chi connectivity index (χ3v) is 8.69. The lowest BCUT2D eigenvalue weighted by Crippen LogP contribution is -2.63. The molecule has 0 saturated carbocycles. The van der Waals surface area contributed by atoms with Crippen LogP contribution in [0.5, 0.6) is 0 Å². The van der Waals surface area contributed by atoms with E-state index in [9.17, 15) is 42.6 Å². The molecule has 1 atom stereocenters. The summed E-state index contributed by atoms with van der Waals surface area (Å²) < 4.78 is 32.9. The summed E-state index contributed by atoms with van der Waals surface area (Å²) in [5.74, 6) is -4.07. The second-order valence-electron chi connectivity index (χ2n) is 6.90. The molecular weight excluding hydrogens is 462 g/mol. The van der Waals surface area contributed by atoms with E-state index in [0.29, 0.717) is 5.03 Å². The van der Waals surface area contributed by atoms with Gasteiger partial charge < -0.3 is 5.11 Å². The van der Waals surface area contributed by atoms with E-state index in [-0.39, 0.29) is 23.4 Å². The molecule has 2 amide bonds. The van der Waals surface area contributed by atoms with Crippen molar-refractivity contribution in [1.82, 2.24) is 9.88 Å². The Kier molecular flexibility index (Phi) is 6.80. The van der Waals surface area contributed by atoms with Gasteiger partial charge in [-0.2, -0.15) is 8.42 Å². The lowest BCUT2D eigenvalue weighted by Gasteiger charge is -2.38. The molecule has 0 aliphatic carbocycles. The van der Waals surface area contributed by atoms with E-state index in [1.165, 1.54) is 26.0 Å². The first-order chi connectivity index (χ1) is 13.7. The molecule has 1 aliphatic heterocycles. The van der Waals surface area contributed by atoms with Gasteiger partial charge in [0, 0.05) is 30.1 Å². The number of carboxylic acid groups (broad SMARTS) is 1. The number of imide groups is 1. The highest BCUT2D eigenvalue weighted by atomic mass is 33.1. The van der Waals surface area contributed by atoms with Gasteiger partial charge in [-0.05, 0) is 30.7 Å². The van der Waals surface area contributed by atoms with Crippen molar-refractivity contribution in [2.75, 3.05) is 0 Å². The zero-order chi connectivity index (χ0) is 22.9. The Hall–Kier alpha value is -2.23. The molecule has 1 fully saturated rings.